The average Bonchev–Trinajstić information content (AvgIpc) is 3.58. The van der Waals surface area contributed by atoms with Gasteiger partial charge in [-0.25, -0.2) is 9.46 Å². The normalized spacial score (nSPS) is 18.5. The van der Waals surface area contributed by atoms with E-state index >= 15 is 0 Å². The monoisotopic (exact) mass is 883 g/mol. The van der Waals surface area contributed by atoms with Crippen molar-refractivity contribution in [3.8, 4) is 17.6 Å². The number of alkyl halides is 3. The third-order valence-corrected chi connectivity index (χ3v) is 12.5. The van der Waals surface area contributed by atoms with Gasteiger partial charge >= 0.3 is 17.8 Å². The van der Waals surface area contributed by atoms with Gasteiger partial charge in [-0.2, -0.15) is 18.4 Å². The van der Waals surface area contributed by atoms with Crippen LogP contribution in [0, 0.1) is 17.2 Å². The van der Waals surface area contributed by atoms with Crippen LogP contribution in [0.15, 0.2) is 101 Å². The number of nitrogens with one attached hydrogen (secondary N) is 2. The van der Waals surface area contributed by atoms with Crippen LogP contribution in [0.2, 0.25) is 0 Å². The molecule has 0 radical (unpaired) electrons. The van der Waals surface area contributed by atoms with Crippen molar-refractivity contribution in [3.05, 3.63) is 129 Å². The molecule has 2 N–H and O–H groups in total. The third-order valence-electron chi connectivity index (χ3n) is 10.4. The maximum Gasteiger partial charge on any atom is 0.471 e. The number of halogens is 3. The molecule has 18 heteroatoms. The number of aromatic nitrogens is 2. The highest BCUT2D eigenvalue weighted by molar-refractivity contribution is 7.44. The van der Waals surface area contributed by atoms with Crippen LogP contribution < -0.4 is 26.0 Å². The Morgan fingerprint density at radius 1 is 0.919 bits per heavy atom. The second-order valence-electron chi connectivity index (χ2n) is 15.1. The number of nitriles is 1. The number of carbonyl (C=O) groups is 1. The molecule has 334 valence electrons. The molecule has 14 nitrogen and oxygen atoms in total. The highest BCUT2D eigenvalue weighted by Crippen LogP contribution is 2.53. The van der Waals surface area contributed by atoms with E-state index < -0.39 is 61.8 Å². The van der Waals surface area contributed by atoms with Crippen LogP contribution in [0.4, 0.5) is 13.2 Å². The van der Waals surface area contributed by atoms with Gasteiger partial charge in [-0.1, -0.05) is 54.6 Å². The van der Waals surface area contributed by atoms with E-state index in [0.29, 0.717) is 11.5 Å². The topological polar surface area (TPSA) is 166 Å². The number of aromatic amines is 1. The zero-order chi connectivity index (χ0) is 45.0. The molecule has 1 saturated heterocycles. The number of ether oxygens (including phenoxy) is 4. The Bertz CT molecular complexity index is 2140. The van der Waals surface area contributed by atoms with E-state index in [2.05, 4.69) is 11.1 Å². The number of rotatable bonds is 21. The molecule has 1 aliphatic heterocycles. The van der Waals surface area contributed by atoms with Gasteiger partial charge in [0.25, 0.3) is 14.1 Å². The lowest BCUT2D eigenvalue weighted by Gasteiger charge is -2.39. The Morgan fingerprint density at radius 3 is 2.02 bits per heavy atom. The first kappa shape index (κ1) is 48.0. The molecule has 2 heterocycles. The maximum absolute atomic E-state index is 13.5. The summed E-state index contributed by atoms with van der Waals surface area (Å²) in [5, 5.41) is 11.3. The van der Waals surface area contributed by atoms with Crippen LogP contribution >= 0.6 is 8.53 Å². The number of nitrogens with zero attached hydrogens (tertiary/aromatic N) is 3. The van der Waals surface area contributed by atoms with Crippen molar-refractivity contribution in [3.63, 3.8) is 0 Å². The van der Waals surface area contributed by atoms with E-state index in [9.17, 15) is 32.8 Å². The van der Waals surface area contributed by atoms with Crippen LogP contribution in [-0.4, -0.2) is 84.6 Å². The number of H-pyrrole nitrogens is 1. The van der Waals surface area contributed by atoms with Crippen molar-refractivity contribution in [2.24, 2.45) is 5.92 Å². The van der Waals surface area contributed by atoms with Gasteiger partial charge in [-0.05, 0) is 81.5 Å². The zero-order valence-electron chi connectivity index (χ0n) is 35.5. The lowest BCUT2D eigenvalue weighted by Crippen LogP contribution is -2.41. The summed E-state index contributed by atoms with van der Waals surface area (Å²) in [7, 11) is 1.19. The molecular weight excluding hydrogens is 830 g/mol. The number of carbonyl (C=O) groups excluding carboxylic acids is 1. The highest BCUT2D eigenvalue weighted by Gasteiger charge is 2.50. The summed E-state index contributed by atoms with van der Waals surface area (Å²) in [6.07, 6.45) is -6.70. The van der Waals surface area contributed by atoms with Crippen LogP contribution in [-0.2, 0) is 28.9 Å². The Hall–Kier alpha value is -5.08. The molecule has 1 fully saturated rings. The van der Waals surface area contributed by atoms with Gasteiger partial charge < -0.3 is 33.3 Å². The summed E-state index contributed by atoms with van der Waals surface area (Å²) in [5.74, 6) is -1.63. The summed E-state index contributed by atoms with van der Waals surface area (Å²) in [4.78, 5) is 39.8. The maximum atomic E-state index is 13.5. The average molecular weight is 884 g/mol. The molecule has 5 atom stereocenters. The van der Waals surface area contributed by atoms with Gasteiger partial charge in [0.1, 0.15) is 35.5 Å². The molecule has 0 saturated carbocycles. The van der Waals surface area contributed by atoms with Crippen molar-refractivity contribution in [2.45, 2.75) is 89.3 Å². The second-order valence-corrected chi connectivity index (χ2v) is 16.5. The summed E-state index contributed by atoms with van der Waals surface area (Å²) in [5.41, 5.74) is -0.537. The fourth-order valence-electron chi connectivity index (χ4n) is 7.60. The quantitative estimate of drug-likeness (QED) is 0.0494. The highest BCUT2D eigenvalue weighted by atomic mass is 31.2. The largest absolute Gasteiger partial charge is 0.497 e. The molecule has 5 rings (SSSR count). The van der Waals surface area contributed by atoms with Gasteiger partial charge in [0, 0.05) is 36.8 Å². The van der Waals surface area contributed by atoms with E-state index in [1.54, 1.807) is 14.2 Å². The van der Waals surface area contributed by atoms with Crippen LogP contribution in [0.1, 0.15) is 69.9 Å². The third kappa shape index (κ3) is 11.5. The van der Waals surface area contributed by atoms with Gasteiger partial charge in [0.2, 0.25) is 0 Å². The van der Waals surface area contributed by atoms with Crippen molar-refractivity contribution < 1.29 is 46.0 Å². The molecule has 62 heavy (non-hydrogen) atoms. The first-order chi connectivity index (χ1) is 29.6. The molecule has 0 bridgehead atoms. The second kappa shape index (κ2) is 21.8. The number of hydrogen-bond acceptors (Lipinski definition) is 11. The minimum atomic E-state index is -5.08. The fourth-order valence-corrected chi connectivity index (χ4v) is 9.41. The van der Waals surface area contributed by atoms with E-state index in [-0.39, 0.29) is 51.1 Å². The van der Waals surface area contributed by atoms with Gasteiger partial charge in [0.15, 0.2) is 0 Å². The van der Waals surface area contributed by atoms with Crippen LogP contribution in [0.3, 0.4) is 0 Å². The Balaban J connectivity index is 1.67. The van der Waals surface area contributed by atoms with Crippen molar-refractivity contribution >= 4 is 14.4 Å². The first-order valence-electron chi connectivity index (χ1n) is 20.2. The Morgan fingerprint density at radius 2 is 1.50 bits per heavy atom. The Labute approximate surface area is 359 Å². The number of benzene rings is 3. The standard InChI is InChI=1S/C44H53F3N5O9P/c1-29(2)52(30(3)4)62(59-27-11-24-48)61-39-36(14-10-25-49-41(54)44(45,46)47)40(51-26-23-38(53)50-42(51)55)60-37(39)28-58-43(31-12-8-7-9-13-31,32-15-19-34(56-5)20-16-32)33-17-21-35(57-6)22-18-33/h7-9,12-13,15-23,26,29-30,36-37,39-40H,10-11,14,25,27-28H2,1-6H3,(H,49,54)(H,50,53,55)/t36-,37-,39+,40-,62?/m1/s1. The predicted molar refractivity (Wildman–Crippen MR) is 225 cm³/mol. The Kier molecular flexibility index (Phi) is 16.9. The zero-order valence-corrected chi connectivity index (χ0v) is 36.4. The smallest absolute Gasteiger partial charge is 0.471 e. The molecule has 0 spiro atoms. The van der Waals surface area contributed by atoms with Gasteiger partial charge in [-0.3, -0.25) is 19.1 Å². The molecule has 3 aromatic carbocycles. The molecule has 1 aromatic heterocycles. The first-order valence-corrected chi connectivity index (χ1v) is 21.3. The summed E-state index contributed by atoms with van der Waals surface area (Å²) < 4.78 is 81.1. The van der Waals surface area contributed by atoms with Gasteiger partial charge in [-0.15, -0.1) is 0 Å². The van der Waals surface area contributed by atoms with Crippen LogP contribution in [0.5, 0.6) is 11.5 Å². The molecule has 1 amide bonds. The fraction of sp³-hybridized carbons (Fsp3) is 0.455. The van der Waals surface area contributed by atoms with E-state index in [1.807, 2.05) is 117 Å². The van der Waals surface area contributed by atoms with Crippen molar-refractivity contribution in [1.82, 2.24) is 19.5 Å². The number of amides is 1. The lowest BCUT2D eigenvalue weighted by molar-refractivity contribution is -0.173. The van der Waals surface area contributed by atoms with Crippen molar-refractivity contribution in [1.29, 1.82) is 5.26 Å². The minimum Gasteiger partial charge on any atom is -0.497 e. The molecular formula is C44H53F3N5O9P. The lowest BCUT2D eigenvalue weighted by atomic mass is 9.80. The predicted octanol–water partition coefficient (Wildman–Crippen LogP) is 7.20. The SMILES string of the molecule is COc1ccc(C(OC[C@H]2O[C@@H](n3ccc(=O)[nH]c3=O)[C@H](CCCNC(=O)C(F)(F)F)[C@@H]2OP(OCCC#N)N(C(C)C)C(C)C)(c2ccccc2)c2ccc(OC)cc2)cc1. The van der Waals surface area contributed by atoms with Crippen molar-refractivity contribution in [2.75, 3.05) is 34.0 Å². The summed E-state index contributed by atoms with van der Waals surface area (Å²) in [6, 6.07) is 27.4. The van der Waals surface area contributed by atoms with E-state index in [4.69, 9.17) is 28.0 Å². The minimum absolute atomic E-state index is 0.0226. The van der Waals surface area contributed by atoms with Gasteiger partial charge in [0.05, 0.1) is 39.9 Å². The van der Waals surface area contributed by atoms with E-state index in [0.717, 1.165) is 22.8 Å². The van der Waals surface area contributed by atoms with E-state index in [1.165, 1.54) is 10.8 Å². The summed E-state index contributed by atoms with van der Waals surface area (Å²) >= 11 is 0. The molecule has 4 aromatic rings. The number of methoxy groups -OCH3 is 2. The molecule has 1 unspecified atom stereocenters. The number of hydrogen-bond donors (Lipinski definition) is 2. The summed E-state index contributed by atoms with van der Waals surface area (Å²) in [6.45, 7) is 7.39. The van der Waals surface area contributed by atoms with Crippen LogP contribution in [0.25, 0.3) is 0 Å². The molecule has 0 aliphatic carbocycles. The molecule has 1 aliphatic rings.